The number of carbonyl (C=O) groups is 2. The molecule has 2 rings (SSSR count). The van der Waals surface area contributed by atoms with Gasteiger partial charge in [0.15, 0.2) is 0 Å². The number of benzene rings is 1. The third-order valence-corrected chi connectivity index (χ3v) is 3.09. The highest BCUT2D eigenvalue weighted by molar-refractivity contribution is 5.95. The zero-order valence-electron chi connectivity index (χ0n) is 13.0. The fourth-order valence-corrected chi connectivity index (χ4v) is 2.09. The Morgan fingerprint density at radius 2 is 1.71 bits per heavy atom. The van der Waals surface area contributed by atoms with E-state index in [2.05, 4.69) is 0 Å². The summed E-state index contributed by atoms with van der Waals surface area (Å²) < 4.78 is 48.2. The van der Waals surface area contributed by atoms with Crippen LogP contribution in [0.1, 0.15) is 25.0 Å². The van der Waals surface area contributed by atoms with E-state index < -0.39 is 23.9 Å². The van der Waals surface area contributed by atoms with Gasteiger partial charge < -0.3 is 9.47 Å². The first kappa shape index (κ1) is 17.6. The Balaban J connectivity index is 2.47. The molecule has 0 saturated carbocycles. The molecule has 0 radical (unpaired) electrons. The summed E-state index contributed by atoms with van der Waals surface area (Å²) in [6.45, 7) is 3.26. The average Bonchev–Trinajstić information content (AvgIpc) is 2.52. The van der Waals surface area contributed by atoms with Crippen LogP contribution in [0.25, 0.3) is 6.08 Å². The van der Waals surface area contributed by atoms with Gasteiger partial charge in [-0.15, -0.1) is 0 Å². The third kappa shape index (κ3) is 3.44. The quantitative estimate of drug-likeness (QED) is 0.813. The molecule has 0 aliphatic carbocycles. The number of carbonyl (C=O) groups excluding carboxylic acids is 2. The van der Waals surface area contributed by atoms with Crippen molar-refractivity contribution in [2.24, 2.45) is 0 Å². The van der Waals surface area contributed by atoms with Crippen molar-refractivity contribution in [2.45, 2.75) is 20.0 Å². The maximum atomic E-state index is 12.8. The minimum atomic E-state index is -4.52. The number of hydrogen-bond acceptors (Lipinski definition) is 4. The van der Waals surface area contributed by atoms with E-state index in [0.29, 0.717) is 0 Å². The molecule has 0 aromatic heterocycles. The molecular weight excluding hydrogens is 329 g/mol. The van der Waals surface area contributed by atoms with Gasteiger partial charge in [0, 0.05) is 11.8 Å². The van der Waals surface area contributed by atoms with E-state index >= 15 is 0 Å². The maximum absolute atomic E-state index is 12.8. The van der Waals surface area contributed by atoms with Crippen LogP contribution < -0.4 is 5.01 Å². The largest absolute Gasteiger partial charge is 0.448 e. The van der Waals surface area contributed by atoms with E-state index in [0.717, 1.165) is 34.4 Å². The molecule has 0 N–H and O–H groups in total. The van der Waals surface area contributed by atoms with Crippen LogP contribution in [-0.4, -0.2) is 30.4 Å². The molecule has 2 amide bonds. The Hall–Kier alpha value is -2.71. The van der Waals surface area contributed by atoms with E-state index in [1.165, 1.54) is 6.08 Å². The summed E-state index contributed by atoms with van der Waals surface area (Å²) >= 11 is 0. The number of ether oxygens (including phenoxy) is 2. The van der Waals surface area contributed by atoms with Gasteiger partial charge in [-0.05, 0) is 38.1 Å². The first-order valence-corrected chi connectivity index (χ1v) is 7.11. The zero-order valence-corrected chi connectivity index (χ0v) is 13.0. The van der Waals surface area contributed by atoms with Crippen LogP contribution in [-0.2, 0) is 15.7 Å². The Morgan fingerprint density at radius 3 is 2.29 bits per heavy atom. The number of anilines is 1. The van der Waals surface area contributed by atoms with Gasteiger partial charge in [-0.25, -0.2) is 9.59 Å². The Kier molecular flexibility index (Phi) is 5.01. The summed E-state index contributed by atoms with van der Waals surface area (Å²) in [5.74, 6) is 0. The summed E-state index contributed by atoms with van der Waals surface area (Å²) in [6.07, 6.45) is -3.84. The van der Waals surface area contributed by atoms with Crippen molar-refractivity contribution in [3.63, 3.8) is 0 Å². The van der Waals surface area contributed by atoms with Gasteiger partial charge >= 0.3 is 18.4 Å². The lowest BCUT2D eigenvalue weighted by Crippen LogP contribution is -2.49. The average molecular weight is 344 g/mol. The number of amides is 2. The van der Waals surface area contributed by atoms with Crippen LogP contribution in [0.2, 0.25) is 0 Å². The van der Waals surface area contributed by atoms with Crippen LogP contribution in [0.15, 0.2) is 24.4 Å². The van der Waals surface area contributed by atoms with Crippen molar-refractivity contribution in [2.75, 3.05) is 18.2 Å². The highest BCUT2D eigenvalue weighted by Gasteiger charge is 2.35. The number of rotatable bonds is 2. The van der Waals surface area contributed by atoms with Gasteiger partial charge in [-0.2, -0.15) is 23.2 Å². The second-order valence-electron chi connectivity index (χ2n) is 4.64. The molecule has 0 spiro atoms. The summed E-state index contributed by atoms with van der Waals surface area (Å²) in [5, 5.41) is 1.67. The SMILES string of the molecule is CCOC(=O)N1C=Cc2cc(C(F)(F)F)ccc2N1C(=O)OCC. The molecule has 1 aliphatic heterocycles. The summed E-state index contributed by atoms with van der Waals surface area (Å²) in [5.41, 5.74) is -0.658. The maximum Gasteiger partial charge on any atom is 0.434 e. The van der Waals surface area contributed by atoms with Gasteiger partial charge in [-0.3, -0.25) is 0 Å². The topological polar surface area (TPSA) is 59.1 Å². The van der Waals surface area contributed by atoms with Crippen LogP contribution in [0.3, 0.4) is 0 Å². The van der Waals surface area contributed by atoms with Crippen molar-refractivity contribution >= 4 is 23.9 Å². The predicted molar refractivity (Wildman–Crippen MR) is 78.8 cm³/mol. The minimum absolute atomic E-state index is 0.0334. The number of fused-ring (bicyclic) bond motifs is 1. The van der Waals surface area contributed by atoms with E-state index in [1.807, 2.05) is 0 Å². The van der Waals surface area contributed by atoms with Crippen molar-refractivity contribution in [3.05, 3.63) is 35.5 Å². The molecule has 0 bridgehead atoms. The van der Waals surface area contributed by atoms with Gasteiger partial charge in [0.25, 0.3) is 0 Å². The van der Waals surface area contributed by atoms with Crippen LogP contribution in [0.5, 0.6) is 0 Å². The normalized spacial score (nSPS) is 13.5. The molecule has 6 nitrogen and oxygen atoms in total. The predicted octanol–water partition coefficient (Wildman–Crippen LogP) is 4.03. The minimum Gasteiger partial charge on any atom is -0.448 e. The molecule has 1 aliphatic rings. The summed E-state index contributed by atoms with van der Waals surface area (Å²) in [4.78, 5) is 24.1. The highest BCUT2D eigenvalue weighted by Crippen LogP contribution is 2.36. The smallest absolute Gasteiger partial charge is 0.434 e. The third-order valence-electron chi connectivity index (χ3n) is 3.09. The number of hydrogen-bond donors (Lipinski definition) is 0. The molecular formula is C15H15F3N2O4. The standard InChI is InChI=1S/C15H15F3N2O4/c1-3-23-13(21)19-8-7-10-9-11(15(16,17)18)5-6-12(10)20(19)14(22)24-4-2/h5-9H,3-4H2,1-2H3. The van der Waals surface area contributed by atoms with Gasteiger partial charge in [0.1, 0.15) is 0 Å². The molecule has 130 valence electrons. The van der Waals surface area contributed by atoms with Crippen LogP contribution in [0, 0.1) is 0 Å². The van der Waals surface area contributed by atoms with Gasteiger partial charge in [0.05, 0.1) is 24.5 Å². The Labute approximate surface area is 136 Å². The first-order valence-electron chi connectivity index (χ1n) is 7.11. The molecule has 1 heterocycles. The van der Waals surface area contributed by atoms with Crippen molar-refractivity contribution < 1.29 is 32.2 Å². The molecule has 1 aromatic rings. The molecule has 0 atom stereocenters. The van der Waals surface area contributed by atoms with E-state index in [4.69, 9.17) is 9.47 Å². The zero-order chi connectivity index (χ0) is 17.9. The molecule has 9 heteroatoms. The monoisotopic (exact) mass is 344 g/mol. The Bertz CT molecular complexity index is 673. The fourth-order valence-electron chi connectivity index (χ4n) is 2.09. The molecule has 0 unspecified atom stereocenters. The summed E-state index contributed by atoms with van der Waals surface area (Å²) in [6, 6.07) is 2.82. The fraction of sp³-hybridized carbons (Fsp3) is 0.333. The number of alkyl halides is 3. The highest BCUT2D eigenvalue weighted by atomic mass is 19.4. The lowest BCUT2D eigenvalue weighted by molar-refractivity contribution is -0.137. The first-order chi connectivity index (χ1) is 11.3. The van der Waals surface area contributed by atoms with Crippen molar-refractivity contribution in [1.82, 2.24) is 5.01 Å². The number of hydrazine groups is 1. The second kappa shape index (κ2) is 6.81. The lowest BCUT2D eigenvalue weighted by atomic mass is 10.1. The van der Waals surface area contributed by atoms with Crippen molar-refractivity contribution in [3.8, 4) is 0 Å². The molecule has 0 fully saturated rings. The second-order valence-corrected chi connectivity index (χ2v) is 4.64. The van der Waals surface area contributed by atoms with E-state index in [9.17, 15) is 22.8 Å². The number of nitrogens with zero attached hydrogens (tertiary/aromatic N) is 2. The number of halogens is 3. The van der Waals surface area contributed by atoms with E-state index in [-0.39, 0.29) is 24.5 Å². The summed E-state index contributed by atoms with van der Waals surface area (Å²) in [7, 11) is 0. The van der Waals surface area contributed by atoms with Gasteiger partial charge in [0.2, 0.25) is 0 Å². The lowest BCUT2D eigenvalue weighted by Gasteiger charge is -2.34. The van der Waals surface area contributed by atoms with Crippen LogP contribution in [0.4, 0.5) is 28.4 Å². The Morgan fingerprint density at radius 1 is 1.08 bits per heavy atom. The molecule has 24 heavy (non-hydrogen) atoms. The molecule has 1 aromatic carbocycles. The van der Waals surface area contributed by atoms with Crippen LogP contribution >= 0.6 is 0 Å². The van der Waals surface area contributed by atoms with E-state index in [1.54, 1.807) is 13.8 Å². The molecule has 0 saturated heterocycles. The van der Waals surface area contributed by atoms with Gasteiger partial charge in [-0.1, -0.05) is 0 Å². The van der Waals surface area contributed by atoms with Crippen molar-refractivity contribution in [1.29, 1.82) is 0 Å².